The molecular weight excluding hydrogens is 384 g/mol. The molecule has 1 atom stereocenters. The number of benzene rings is 2. The van der Waals surface area contributed by atoms with Gasteiger partial charge in [0.05, 0.1) is 16.3 Å². The molecule has 2 aromatic heterocycles. The molecule has 0 aliphatic rings. The predicted molar refractivity (Wildman–Crippen MR) is 104 cm³/mol. The maximum atomic E-state index is 12.4. The molecule has 0 fully saturated rings. The third-order valence-electron chi connectivity index (χ3n) is 4.19. The number of H-pyrrole nitrogens is 1. The lowest BCUT2D eigenvalue weighted by Gasteiger charge is -2.12. The second kappa shape index (κ2) is 6.94. The van der Waals surface area contributed by atoms with Crippen LogP contribution in [0.3, 0.4) is 0 Å². The first-order valence-corrected chi connectivity index (χ1v) is 8.73. The number of para-hydroxylation sites is 1. The lowest BCUT2D eigenvalue weighted by Crippen LogP contribution is -2.18. The summed E-state index contributed by atoms with van der Waals surface area (Å²) in [6.07, 6.45) is -0.865. The average molecular weight is 397 g/mol. The van der Waals surface area contributed by atoms with Crippen LogP contribution in [0.5, 0.6) is 0 Å². The van der Waals surface area contributed by atoms with E-state index in [1.165, 1.54) is 12.1 Å². The maximum Gasteiger partial charge on any atom is 0.375 e. The molecule has 0 bridgehead atoms. The van der Waals surface area contributed by atoms with Gasteiger partial charge in [0.1, 0.15) is 5.58 Å². The van der Waals surface area contributed by atoms with Crippen LogP contribution in [0.2, 0.25) is 5.02 Å². The first kappa shape index (κ1) is 17.9. The standard InChI is InChI=1S/C20H13ClN2O5/c1-10(18-22-14-5-3-2-4-12(14)19(25)23-18)27-20(26)17-9-15(24)13-8-11(21)6-7-16(13)28-17/h2-10H,1H3,(H,22,23,25)/t10-/m0/s1. The van der Waals surface area contributed by atoms with Gasteiger partial charge in [0, 0.05) is 11.1 Å². The Balaban J connectivity index is 1.65. The lowest BCUT2D eigenvalue weighted by molar-refractivity contribution is 0.0284. The molecule has 7 nitrogen and oxygen atoms in total. The Morgan fingerprint density at radius 3 is 2.75 bits per heavy atom. The Kier molecular flexibility index (Phi) is 4.44. The highest BCUT2D eigenvalue weighted by molar-refractivity contribution is 6.31. The number of nitrogens with zero attached hydrogens (tertiary/aromatic N) is 1. The minimum atomic E-state index is -0.865. The number of fused-ring (bicyclic) bond motifs is 2. The van der Waals surface area contributed by atoms with Gasteiger partial charge in [0.25, 0.3) is 5.56 Å². The van der Waals surface area contributed by atoms with Crippen LogP contribution < -0.4 is 11.0 Å². The van der Waals surface area contributed by atoms with Crippen molar-refractivity contribution in [3.05, 3.63) is 85.7 Å². The fraction of sp³-hybridized carbons (Fsp3) is 0.100. The highest BCUT2D eigenvalue weighted by Gasteiger charge is 2.20. The third kappa shape index (κ3) is 3.27. The molecular formula is C20H13ClN2O5. The Morgan fingerprint density at radius 2 is 1.93 bits per heavy atom. The van der Waals surface area contributed by atoms with E-state index in [2.05, 4.69) is 9.97 Å². The van der Waals surface area contributed by atoms with E-state index in [-0.39, 0.29) is 28.1 Å². The molecule has 0 spiro atoms. The van der Waals surface area contributed by atoms with Gasteiger partial charge in [0.15, 0.2) is 17.4 Å². The molecule has 4 rings (SSSR count). The minimum absolute atomic E-state index is 0.187. The summed E-state index contributed by atoms with van der Waals surface area (Å²) in [5.41, 5.74) is -0.0507. The number of rotatable bonds is 3. The average Bonchev–Trinajstić information content (AvgIpc) is 2.68. The van der Waals surface area contributed by atoms with E-state index in [0.717, 1.165) is 6.07 Å². The number of aromatic nitrogens is 2. The molecule has 0 saturated carbocycles. The molecule has 1 N–H and O–H groups in total. The number of carbonyl (C=O) groups is 1. The molecule has 0 amide bonds. The van der Waals surface area contributed by atoms with Gasteiger partial charge in [-0.3, -0.25) is 9.59 Å². The molecule has 140 valence electrons. The van der Waals surface area contributed by atoms with Gasteiger partial charge in [-0.1, -0.05) is 23.7 Å². The summed E-state index contributed by atoms with van der Waals surface area (Å²) in [6.45, 7) is 1.56. The third-order valence-corrected chi connectivity index (χ3v) is 4.43. The Morgan fingerprint density at radius 1 is 1.14 bits per heavy atom. The van der Waals surface area contributed by atoms with Gasteiger partial charge < -0.3 is 14.1 Å². The van der Waals surface area contributed by atoms with E-state index in [1.807, 2.05) is 0 Å². The van der Waals surface area contributed by atoms with Gasteiger partial charge in [0.2, 0.25) is 5.76 Å². The van der Waals surface area contributed by atoms with Crippen LogP contribution in [0, 0.1) is 0 Å². The van der Waals surface area contributed by atoms with E-state index in [9.17, 15) is 14.4 Å². The van der Waals surface area contributed by atoms with Crippen molar-refractivity contribution in [1.29, 1.82) is 0 Å². The zero-order chi connectivity index (χ0) is 19.8. The number of hydrogen-bond acceptors (Lipinski definition) is 6. The fourth-order valence-electron chi connectivity index (χ4n) is 2.80. The van der Waals surface area contributed by atoms with Crippen LogP contribution in [0.1, 0.15) is 29.4 Å². The smallest absolute Gasteiger partial charge is 0.375 e. The number of halogens is 1. The van der Waals surface area contributed by atoms with Crippen molar-refractivity contribution in [3.8, 4) is 0 Å². The normalized spacial score (nSPS) is 12.2. The van der Waals surface area contributed by atoms with Crippen LogP contribution in [0.15, 0.2) is 62.5 Å². The molecule has 0 radical (unpaired) electrons. The zero-order valence-corrected chi connectivity index (χ0v) is 15.3. The number of ether oxygens (including phenoxy) is 1. The maximum absolute atomic E-state index is 12.4. The van der Waals surface area contributed by atoms with E-state index >= 15 is 0 Å². The lowest BCUT2D eigenvalue weighted by atomic mass is 10.2. The van der Waals surface area contributed by atoms with Crippen molar-refractivity contribution in [2.75, 3.05) is 0 Å². The summed E-state index contributed by atoms with van der Waals surface area (Å²) in [6, 6.07) is 12.4. The minimum Gasteiger partial charge on any atom is -0.449 e. The summed E-state index contributed by atoms with van der Waals surface area (Å²) in [7, 11) is 0. The SMILES string of the molecule is C[C@H](OC(=O)c1cc(=O)c2cc(Cl)ccc2o1)c1nc2ccccc2c(=O)[nH]1. The number of nitrogens with one attached hydrogen (secondary N) is 1. The summed E-state index contributed by atoms with van der Waals surface area (Å²) in [5, 5.41) is 1.08. The second-order valence-corrected chi connectivity index (χ2v) is 6.57. The number of aromatic amines is 1. The fourth-order valence-corrected chi connectivity index (χ4v) is 2.97. The van der Waals surface area contributed by atoms with Crippen LogP contribution >= 0.6 is 11.6 Å². The summed E-state index contributed by atoms with van der Waals surface area (Å²) in [5.74, 6) is -0.918. The van der Waals surface area contributed by atoms with E-state index in [0.29, 0.717) is 15.9 Å². The first-order valence-electron chi connectivity index (χ1n) is 8.36. The van der Waals surface area contributed by atoms with Crippen molar-refractivity contribution in [1.82, 2.24) is 9.97 Å². The molecule has 0 saturated heterocycles. The van der Waals surface area contributed by atoms with Crippen molar-refractivity contribution >= 4 is 39.4 Å². The molecule has 28 heavy (non-hydrogen) atoms. The van der Waals surface area contributed by atoms with E-state index in [4.69, 9.17) is 20.8 Å². The summed E-state index contributed by atoms with van der Waals surface area (Å²) < 4.78 is 10.8. The number of carbonyl (C=O) groups excluding carboxylic acids is 1. The van der Waals surface area contributed by atoms with Crippen molar-refractivity contribution in [3.63, 3.8) is 0 Å². The molecule has 2 aromatic carbocycles. The van der Waals surface area contributed by atoms with Crippen LogP contribution in [-0.4, -0.2) is 15.9 Å². The molecule has 8 heteroatoms. The van der Waals surface area contributed by atoms with E-state index in [1.54, 1.807) is 37.3 Å². The molecule has 0 aliphatic carbocycles. The molecule has 0 aliphatic heterocycles. The Labute approximate surface area is 162 Å². The highest BCUT2D eigenvalue weighted by atomic mass is 35.5. The van der Waals surface area contributed by atoms with Gasteiger partial charge >= 0.3 is 5.97 Å². The predicted octanol–water partition coefficient (Wildman–Crippen LogP) is 3.60. The Bertz CT molecular complexity index is 1340. The topological polar surface area (TPSA) is 102 Å². The van der Waals surface area contributed by atoms with Gasteiger partial charge in [-0.05, 0) is 37.3 Å². The number of hydrogen-bond donors (Lipinski definition) is 1. The van der Waals surface area contributed by atoms with Crippen LogP contribution in [0.4, 0.5) is 0 Å². The van der Waals surface area contributed by atoms with Gasteiger partial charge in [-0.15, -0.1) is 0 Å². The van der Waals surface area contributed by atoms with Crippen LogP contribution in [0.25, 0.3) is 21.9 Å². The van der Waals surface area contributed by atoms with Gasteiger partial charge in [-0.2, -0.15) is 0 Å². The van der Waals surface area contributed by atoms with Crippen molar-refractivity contribution in [2.24, 2.45) is 0 Å². The van der Waals surface area contributed by atoms with Crippen LogP contribution in [-0.2, 0) is 4.74 Å². The van der Waals surface area contributed by atoms with E-state index < -0.39 is 17.5 Å². The zero-order valence-electron chi connectivity index (χ0n) is 14.6. The molecule has 0 unspecified atom stereocenters. The molecule has 2 heterocycles. The highest BCUT2D eigenvalue weighted by Crippen LogP contribution is 2.20. The quantitative estimate of drug-likeness (QED) is 0.531. The second-order valence-electron chi connectivity index (χ2n) is 6.13. The first-order chi connectivity index (χ1) is 13.4. The van der Waals surface area contributed by atoms with Crippen molar-refractivity contribution in [2.45, 2.75) is 13.0 Å². The Hall–Kier alpha value is -3.45. The van der Waals surface area contributed by atoms with Gasteiger partial charge in [-0.25, -0.2) is 9.78 Å². The molecule has 4 aromatic rings. The number of esters is 1. The summed E-state index contributed by atoms with van der Waals surface area (Å²) >= 11 is 5.88. The largest absolute Gasteiger partial charge is 0.449 e. The van der Waals surface area contributed by atoms with Crippen molar-refractivity contribution < 1.29 is 13.9 Å². The summed E-state index contributed by atoms with van der Waals surface area (Å²) in [4.78, 5) is 43.8. The monoisotopic (exact) mass is 396 g/mol.